The van der Waals surface area contributed by atoms with E-state index in [-0.39, 0.29) is 60.8 Å². The molecule has 1 atom stereocenters. The second-order valence-electron chi connectivity index (χ2n) is 9.79. The standard InChI is InChI=1S/C29H26F4N6O2.2ClH/c1-15-16(2-9-26(34)38-15)12-37-28(40)25-8-5-19-13-35-27(29(41)39(19)25)36-14-22(20-6-3-17(30)10-23(20)32)21-7-4-18(31)11-24(21)33;;/h2-4,6-7,9-11,13,22,25H,5,8,12,14H2,1H3,(H2,34,38)(H,35,36)(H,37,40);2*1H/t25-;;/m0../s1. The van der Waals surface area contributed by atoms with E-state index in [2.05, 4.69) is 20.6 Å². The van der Waals surface area contributed by atoms with Gasteiger partial charge in [0.2, 0.25) is 5.91 Å². The Hall–Kier alpha value is -4.16. The van der Waals surface area contributed by atoms with Crippen molar-refractivity contribution in [2.24, 2.45) is 0 Å². The Morgan fingerprint density at radius 2 is 1.65 bits per heavy atom. The molecule has 0 fully saturated rings. The molecular formula is C29H28Cl2F4N6O2. The fourth-order valence-electron chi connectivity index (χ4n) is 5.06. The summed E-state index contributed by atoms with van der Waals surface area (Å²) >= 11 is 0. The summed E-state index contributed by atoms with van der Waals surface area (Å²) in [5.41, 5.74) is 7.01. The van der Waals surface area contributed by atoms with Gasteiger partial charge in [0.05, 0.1) is 0 Å². The fraction of sp³-hybridized carbons (Fsp3) is 0.241. The molecule has 4 N–H and O–H groups in total. The number of amides is 1. The number of aromatic nitrogens is 3. The van der Waals surface area contributed by atoms with E-state index < -0.39 is 40.8 Å². The van der Waals surface area contributed by atoms with Crippen LogP contribution in [-0.2, 0) is 17.8 Å². The number of nitrogens with zero attached hydrogens (tertiary/aromatic N) is 3. The summed E-state index contributed by atoms with van der Waals surface area (Å²) in [7, 11) is 0. The summed E-state index contributed by atoms with van der Waals surface area (Å²) in [5, 5.41) is 5.68. The zero-order chi connectivity index (χ0) is 29.3. The number of hydrogen-bond acceptors (Lipinski definition) is 6. The number of carbonyl (C=O) groups is 1. The Balaban J connectivity index is 0.00000253. The zero-order valence-electron chi connectivity index (χ0n) is 22.7. The van der Waals surface area contributed by atoms with Crippen molar-refractivity contribution in [3.63, 3.8) is 0 Å². The molecule has 1 aliphatic heterocycles. The first kappa shape index (κ1) is 33.3. The number of benzene rings is 2. The third kappa shape index (κ3) is 7.08. The number of aryl methyl sites for hydroxylation is 2. The number of rotatable bonds is 8. The summed E-state index contributed by atoms with van der Waals surface area (Å²) in [6.07, 6.45) is 2.31. The third-order valence-electron chi connectivity index (χ3n) is 7.18. The minimum absolute atomic E-state index is 0. The lowest BCUT2D eigenvalue weighted by molar-refractivity contribution is -0.124. The molecule has 14 heteroatoms. The molecule has 2 aromatic heterocycles. The maximum atomic E-state index is 14.8. The summed E-state index contributed by atoms with van der Waals surface area (Å²) in [6, 6.07) is 8.33. The number of carbonyl (C=O) groups excluding carboxylic acids is 1. The largest absolute Gasteiger partial charge is 0.384 e. The van der Waals surface area contributed by atoms with Gasteiger partial charge in [-0.2, -0.15) is 0 Å². The van der Waals surface area contributed by atoms with E-state index in [1.165, 1.54) is 22.9 Å². The van der Waals surface area contributed by atoms with Crippen molar-refractivity contribution >= 4 is 42.4 Å². The van der Waals surface area contributed by atoms with Gasteiger partial charge in [-0.1, -0.05) is 18.2 Å². The number of nitrogen functional groups attached to an aromatic ring is 1. The van der Waals surface area contributed by atoms with Crippen LogP contribution in [0.5, 0.6) is 0 Å². The molecule has 5 rings (SSSR count). The molecule has 8 nitrogen and oxygen atoms in total. The highest BCUT2D eigenvalue weighted by Crippen LogP contribution is 2.30. The Labute approximate surface area is 256 Å². The van der Waals surface area contributed by atoms with Gasteiger partial charge in [-0.3, -0.25) is 14.2 Å². The van der Waals surface area contributed by atoms with E-state index >= 15 is 0 Å². The van der Waals surface area contributed by atoms with Crippen LogP contribution >= 0.6 is 24.8 Å². The molecule has 0 bridgehead atoms. The van der Waals surface area contributed by atoms with Gasteiger partial charge >= 0.3 is 0 Å². The quantitative estimate of drug-likeness (QED) is 0.235. The van der Waals surface area contributed by atoms with E-state index in [1.54, 1.807) is 19.1 Å². The maximum absolute atomic E-state index is 14.8. The van der Waals surface area contributed by atoms with Crippen LogP contribution in [0.4, 0.5) is 29.2 Å². The normalized spacial score (nSPS) is 13.6. The third-order valence-corrected chi connectivity index (χ3v) is 7.18. The minimum atomic E-state index is -1.06. The van der Waals surface area contributed by atoms with Crippen molar-refractivity contribution in [1.82, 2.24) is 19.9 Å². The van der Waals surface area contributed by atoms with Crippen LogP contribution in [0.15, 0.2) is 59.5 Å². The van der Waals surface area contributed by atoms with Gasteiger partial charge in [0.25, 0.3) is 5.56 Å². The molecule has 2 aromatic carbocycles. The highest BCUT2D eigenvalue weighted by molar-refractivity contribution is 5.85. The van der Waals surface area contributed by atoms with Crippen LogP contribution in [0.25, 0.3) is 0 Å². The Kier molecular flexibility index (Phi) is 10.8. The van der Waals surface area contributed by atoms with Crippen molar-refractivity contribution in [2.45, 2.75) is 38.3 Å². The van der Waals surface area contributed by atoms with Crippen LogP contribution in [0.2, 0.25) is 0 Å². The highest BCUT2D eigenvalue weighted by Gasteiger charge is 2.31. The number of fused-ring (bicyclic) bond motifs is 1. The van der Waals surface area contributed by atoms with Crippen molar-refractivity contribution in [3.05, 3.63) is 116 Å². The van der Waals surface area contributed by atoms with Gasteiger partial charge in [-0.25, -0.2) is 27.5 Å². The molecule has 0 spiro atoms. The van der Waals surface area contributed by atoms with Gasteiger partial charge in [0.15, 0.2) is 5.82 Å². The van der Waals surface area contributed by atoms with Crippen LogP contribution in [-0.4, -0.2) is 27.0 Å². The number of pyridine rings is 1. The molecule has 0 aliphatic carbocycles. The van der Waals surface area contributed by atoms with Gasteiger partial charge in [0, 0.05) is 48.7 Å². The lowest BCUT2D eigenvalue weighted by atomic mass is 9.90. The first-order valence-electron chi connectivity index (χ1n) is 12.9. The number of nitrogens with one attached hydrogen (secondary N) is 2. The van der Waals surface area contributed by atoms with E-state index in [4.69, 9.17) is 5.73 Å². The molecule has 0 unspecified atom stereocenters. The van der Waals surface area contributed by atoms with Gasteiger partial charge in [-0.15, -0.1) is 24.8 Å². The second-order valence-corrected chi connectivity index (χ2v) is 9.79. The van der Waals surface area contributed by atoms with Crippen LogP contribution in [0, 0.1) is 30.2 Å². The molecule has 1 aliphatic rings. The Morgan fingerprint density at radius 1 is 1.02 bits per heavy atom. The molecule has 0 saturated heterocycles. The fourth-order valence-corrected chi connectivity index (χ4v) is 5.06. The predicted octanol–water partition coefficient (Wildman–Crippen LogP) is 4.98. The highest BCUT2D eigenvalue weighted by atomic mass is 35.5. The second kappa shape index (κ2) is 13.9. The van der Waals surface area contributed by atoms with E-state index in [0.717, 1.165) is 17.7 Å². The number of halogens is 6. The monoisotopic (exact) mass is 638 g/mol. The smallest absolute Gasteiger partial charge is 0.294 e. The molecular weight excluding hydrogens is 611 g/mol. The van der Waals surface area contributed by atoms with E-state index in [0.29, 0.717) is 42.2 Å². The van der Waals surface area contributed by atoms with Crippen molar-refractivity contribution in [1.29, 1.82) is 0 Å². The van der Waals surface area contributed by atoms with E-state index in [1.807, 2.05) is 0 Å². The number of hydrogen-bond donors (Lipinski definition) is 3. The van der Waals surface area contributed by atoms with Crippen LogP contribution in [0.1, 0.15) is 46.5 Å². The topological polar surface area (TPSA) is 115 Å². The predicted molar refractivity (Wildman–Crippen MR) is 159 cm³/mol. The first-order chi connectivity index (χ1) is 19.6. The van der Waals surface area contributed by atoms with Crippen molar-refractivity contribution in [2.75, 3.05) is 17.6 Å². The maximum Gasteiger partial charge on any atom is 0.294 e. The lowest BCUT2D eigenvalue weighted by Crippen LogP contribution is -2.36. The molecule has 4 aromatic rings. The molecule has 0 radical (unpaired) electrons. The van der Waals surface area contributed by atoms with Crippen molar-refractivity contribution in [3.8, 4) is 0 Å². The average molecular weight is 639 g/mol. The minimum Gasteiger partial charge on any atom is -0.384 e. The summed E-state index contributed by atoms with van der Waals surface area (Å²) < 4.78 is 58.1. The summed E-state index contributed by atoms with van der Waals surface area (Å²) in [6.45, 7) is 1.75. The summed E-state index contributed by atoms with van der Waals surface area (Å²) in [5.74, 6) is -4.68. The molecule has 1 amide bonds. The van der Waals surface area contributed by atoms with Crippen LogP contribution in [0.3, 0.4) is 0 Å². The molecule has 43 heavy (non-hydrogen) atoms. The molecule has 3 heterocycles. The zero-order valence-corrected chi connectivity index (χ0v) is 24.4. The van der Waals surface area contributed by atoms with Gasteiger partial charge < -0.3 is 16.4 Å². The van der Waals surface area contributed by atoms with Crippen LogP contribution < -0.4 is 21.9 Å². The molecule has 228 valence electrons. The van der Waals surface area contributed by atoms with E-state index in [9.17, 15) is 27.2 Å². The Morgan fingerprint density at radius 3 is 2.23 bits per heavy atom. The Bertz CT molecular complexity index is 1650. The summed E-state index contributed by atoms with van der Waals surface area (Å²) in [4.78, 5) is 34.9. The van der Waals surface area contributed by atoms with Gasteiger partial charge in [0.1, 0.15) is 35.1 Å². The SMILES string of the molecule is Cc1nc(N)ccc1CNC(=O)[C@@H]1CCc2cnc(NCC(c3ccc(F)cc3F)c3ccc(F)cc3F)c(=O)n21.Cl.Cl. The first-order valence-corrected chi connectivity index (χ1v) is 12.9. The molecule has 0 saturated carbocycles. The van der Waals surface area contributed by atoms with Gasteiger partial charge in [-0.05, 0) is 54.7 Å². The number of nitrogens with two attached hydrogens (primary N) is 1. The van der Waals surface area contributed by atoms with Crippen molar-refractivity contribution < 1.29 is 22.4 Å². The number of anilines is 2. The average Bonchev–Trinajstić information content (AvgIpc) is 3.36. The lowest BCUT2D eigenvalue weighted by Gasteiger charge is -2.21.